The predicted octanol–water partition coefficient (Wildman–Crippen LogP) is 1.63. The van der Waals surface area contributed by atoms with E-state index in [2.05, 4.69) is 40.5 Å². The van der Waals surface area contributed by atoms with Crippen LogP contribution in [0.5, 0.6) is 0 Å². The van der Waals surface area contributed by atoms with E-state index in [0.717, 1.165) is 12.1 Å². The molecule has 2 heterocycles. The zero-order chi connectivity index (χ0) is 9.38. The van der Waals surface area contributed by atoms with Crippen molar-refractivity contribution in [2.75, 3.05) is 18.0 Å². The number of nitrogens with one attached hydrogen (secondary N) is 1. The van der Waals surface area contributed by atoms with Gasteiger partial charge in [-0.1, -0.05) is 18.2 Å². The molecule has 2 fully saturated rings. The van der Waals surface area contributed by atoms with Crippen LogP contribution in [-0.4, -0.2) is 25.2 Å². The molecule has 2 saturated heterocycles. The van der Waals surface area contributed by atoms with Crippen LogP contribution >= 0.6 is 0 Å². The van der Waals surface area contributed by atoms with Gasteiger partial charge >= 0.3 is 0 Å². The van der Waals surface area contributed by atoms with E-state index in [1.165, 1.54) is 31.6 Å². The zero-order valence-electron chi connectivity index (χ0n) is 8.32. The van der Waals surface area contributed by atoms with E-state index in [1.807, 2.05) is 0 Å². The number of anilines is 1. The van der Waals surface area contributed by atoms with E-state index in [1.54, 1.807) is 0 Å². The quantitative estimate of drug-likeness (QED) is 0.720. The van der Waals surface area contributed by atoms with Crippen molar-refractivity contribution in [1.82, 2.24) is 5.32 Å². The van der Waals surface area contributed by atoms with Crippen LogP contribution in [0.15, 0.2) is 30.3 Å². The Morgan fingerprint density at radius 1 is 1.00 bits per heavy atom. The maximum Gasteiger partial charge on any atom is 0.0367 e. The molecule has 14 heavy (non-hydrogen) atoms. The average Bonchev–Trinajstić information content (AvgIpc) is 2.59. The Balaban J connectivity index is 1.81. The fraction of sp³-hybridized carbons (Fsp3) is 0.500. The number of rotatable bonds is 1. The van der Waals surface area contributed by atoms with E-state index in [0.29, 0.717) is 0 Å². The second kappa shape index (κ2) is 3.28. The monoisotopic (exact) mass is 188 g/mol. The molecule has 2 bridgehead atoms. The predicted molar refractivity (Wildman–Crippen MR) is 58.6 cm³/mol. The second-order valence-corrected chi connectivity index (χ2v) is 4.38. The number of para-hydroxylation sites is 1. The summed E-state index contributed by atoms with van der Waals surface area (Å²) in [7, 11) is 0. The van der Waals surface area contributed by atoms with Crippen LogP contribution in [0.1, 0.15) is 12.8 Å². The van der Waals surface area contributed by atoms with Gasteiger partial charge in [0.1, 0.15) is 0 Å². The molecule has 2 atom stereocenters. The van der Waals surface area contributed by atoms with Gasteiger partial charge in [-0.3, -0.25) is 0 Å². The highest BCUT2D eigenvalue weighted by Crippen LogP contribution is 2.24. The molecule has 0 aliphatic carbocycles. The minimum Gasteiger partial charge on any atom is -0.368 e. The van der Waals surface area contributed by atoms with Gasteiger partial charge in [0.2, 0.25) is 0 Å². The van der Waals surface area contributed by atoms with Crippen molar-refractivity contribution >= 4 is 5.69 Å². The smallest absolute Gasteiger partial charge is 0.0367 e. The van der Waals surface area contributed by atoms with Gasteiger partial charge in [-0.15, -0.1) is 0 Å². The molecule has 74 valence electrons. The van der Waals surface area contributed by atoms with Gasteiger partial charge in [0.15, 0.2) is 0 Å². The van der Waals surface area contributed by atoms with Gasteiger partial charge < -0.3 is 10.2 Å². The minimum atomic E-state index is 0.731. The van der Waals surface area contributed by atoms with Crippen LogP contribution in [0.4, 0.5) is 5.69 Å². The molecule has 1 aromatic rings. The molecule has 2 heteroatoms. The SMILES string of the molecule is c1ccc(N2C[C@H]3CC[C@@H](C2)N3)cc1. The Kier molecular flexibility index (Phi) is 1.95. The summed E-state index contributed by atoms with van der Waals surface area (Å²) in [5.41, 5.74) is 1.38. The molecule has 2 aliphatic rings. The number of piperazine rings is 1. The molecule has 0 radical (unpaired) electrons. The first-order valence-corrected chi connectivity index (χ1v) is 5.48. The normalized spacial score (nSPS) is 30.7. The van der Waals surface area contributed by atoms with E-state index in [9.17, 15) is 0 Å². The highest BCUT2D eigenvalue weighted by Gasteiger charge is 2.31. The van der Waals surface area contributed by atoms with Gasteiger partial charge in [0.05, 0.1) is 0 Å². The number of fused-ring (bicyclic) bond motifs is 2. The summed E-state index contributed by atoms with van der Waals surface area (Å²) in [5, 5.41) is 3.65. The Labute approximate surface area is 84.9 Å². The Morgan fingerprint density at radius 2 is 1.64 bits per heavy atom. The van der Waals surface area contributed by atoms with Crippen molar-refractivity contribution in [3.05, 3.63) is 30.3 Å². The van der Waals surface area contributed by atoms with Crippen LogP contribution in [0.25, 0.3) is 0 Å². The standard InChI is InChI=1S/C12H16N2/c1-2-4-12(5-3-1)14-8-10-6-7-11(9-14)13-10/h1-5,10-11,13H,6-9H2/t10-,11+. The fourth-order valence-electron chi connectivity index (χ4n) is 2.65. The molecule has 0 saturated carbocycles. The lowest BCUT2D eigenvalue weighted by Crippen LogP contribution is -2.51. The van der Waals surface area contributed by atoms with Crippen LogP contribution in [0.3, 0.4) is 0 Å². The Bertz CT molecular complexity index is 297. The summed E-state index contributed by atoms with van der Waals surface area (Å²) in [6, 6.07) is 12.2. The molecule has 0 unspecified atom stereocenters. The Hall–Kier alpha value is -1.02. The van der Waals surface area contributed by atoms with Crippen LogP contribution in [0.2, 0.25) is 0 Å². The van der Waals surface area contributed by atoms with Crippen molar-refractivity contribution < 1.29 is 0 Å². The van der Waals surface area contributed by atoms with Crippen molar-refractivity contribution in [2.24, 2.45) is 0 Å². The van der Waals surface area contributed by atoms with Crippen LogP contribution in [0, 0.1) is 0 Å². The zero-order valence-corrected chi connectivity index (χ0v) is 8.32. The van der Waals surface area contributed by atoms with E-state index in [4.69, 9.17) is 0 Å². The molecule has 0 aromatic heterocycles. The fourth-order valence-corrected chi connectivity index (χ4v) is 2.65. The maximum absolute atomic E-state index is 3.65. The summed E-state index contributed by atoms with van der Waals surface area (Å²) >= 11 is 0. The minimum absolute atomic E-state index is 0.731. The summed E-state index contributed by atoms with van der Waals surface area (Å²) in [5.74, 6) is 0. The lowest BCUT2D eigenvalue weighted by molar-refractivity contribution is 0.466. The lowest BCUT2D eigenvalue weighted by Gasteiger charge is -2.34. The largest absolute Gasteiger partial charge is 0.368 e. The third-order valence-electron chi connectivity index (χ3n) is 3.34. The molecule has 2 aliphatic heterocycles. The topological polar surface area (TPSA) is 15.3 Å². The van der Waals surface area contributed by atoms with Gasteiger partial charge in [0, 0.05) is 30.9 Å². The molecule has 0 amide bonds. The molecule has 3 rings (SSSR count). The number of nitrogens with zero attached hydrogens (tertiary/aromatic N) is 1. The first-order chi connectivity index (χ1) is 6.92. The maximum atomic E-state index is 3.65. The van der Waals surface area contributed by atoms with Crippen molar-refractivity contribution in [2.45, 2.75) is 24.9 Å². The van der Waals surface area contributed by atoms with Crippen LogP contribution < -0.4 is 10.2 Å². The van der Waals surface area contributed by atoms with Gasteiger partial charge in [-0.05, 0) is 25.0 Å². The average molecular weight is 188 g/mol. The van der Waals surface area contributed by atoms with E-state index in [-0.39, 0.29) is 0 Å². The van der Waals surface area contributed by atoms with Crippen molar-refractivity contribution in [1.29, 1.82) is 0 Å². The van der Waals surface area contributed by atoms with Gasteiger partial charge in [0.25, 0.3) is 0 Å². The number of hydrogen-bond donors (Lipinski definition) is 1. The van der Waals surface area contributed by atoms with Crippen molar-refractivity contribution in [3.8, 4) is 0 Å². The molecule has 0 spiro atoms. The first kappa shape index (κ1) is 8.30. The lowest BCUT2D eigenvalue weighted by atomic mass is 10.2. The highest BCUT2D eigenvalue weighted by atomic mass is 15.2. The van der Waals surface area contributed by atoms with Crippen LogP contribution in [-0.2, 0) is 0 Å². The summed E-state index contributed by atoms with van der Waals surface area (Å²) in [6.45, 7) is 2.36. The second-order valence-electron chi connectivity index (χ2n) is 4.38. The molecular formula is C12H16N2. The third kappa shape index (κ3) is 1.40. The number of benzene rings is 1. The third-order valence-corrected chi connectivity index (χ3v) is 3.34. The highest BCUT2D eigenvalue weighted by molar-refractivity contribution is 5.47. The van der Waals surface area contributed by atoms with E-state index >= 15 is 0 Å². The molecule has 2 nitrogen and oxygen atoms in total. The van der Waals surface area contributed by atoms with Gasteiger partial charge in [-0.25, -0.2) is 0 Å². The summed E-state index contributed by atoms with van der Waals surface area (Å²) < 4.78 is 0. The molecular weight excluding hydrogens is 172 g/mol. The first-order valence-electron chi connectivity index (χ1n) is 5.48. The summed E-state index contributed by atoms with van der Waals surface area (Å²) in [4.78, 5) is 2.51. The van der Waals surface area contributed by atoms with Crippen molar-refractivity contribution in [3.63, 3.8) is 0 Å². The Morgan fingerprint density at radius 3 is 2.29 bits per heavy atom. The van der Waals surface area contributed by atoms with Gasteiger partial charge in [-0.2, -0.15) is 0 Å². The summed E-state index contributed by atoms with van der Waals surface area (Å²) in [6.07, 6.45) is 2.71. The number of hydrogen-bond acceptors (Lipinski definition) is 2. The molecule has 1 aromatic carbocycles. The van der Waals surface area contributed by atoms with E-state index < -0.39 is 0 Å². The molecule has 1 N–H and O–H groups in total.